The number of ether oxygens (including phenoxy) is 1. The number of nitrogens with one attached hydrogen (secondary N) is 9. The Bertz CT molecular complexity index is 9500. The topological polar surface area (TPSA) is 681 Å². The van der Waals surface area contributed by atoms with Crippen molar-refractivity contribution in [3.8, 4) is 74.8 Å². The van der Waals surface area contributed by atoms with Gasteiger partial charge in [0.25, 0.3) is 64.3 Å². The van der Waals surface area contributed by atoms with Crippen molar-refractivity contribution in [2.45, 2.75) is 116 Å². The van der Waals surface area contributed by atoms with Crippen LogP contribution in [-0.2, 0) is 77.0 Å². The number of nitrogens with zero attached hydrogens (tertiary/aromatic N) is 13. The van der Waals surface area contributed by atoms with E-state index < -0.39 is 45.2 Å². The van der Waals surface area contributed by atoms with Gasteiger partial charge in [-0.1, -0.05) is 11.6 Å². The first-order chi connectivity index (χ1) is 69.4. The van der Waals surface area contributed by atoms with Crippen LogP contribution >= 0.6 is 11.6 Å². The Labute approximate surface area is 802 Å². The molecule has 47 heteroatoms. The van der Waals surface area contributed by atoms with Gasteiger partial charge in [0.15, 0.2) is 41.0 Å². The number of aromatic nitrogens is 14. The maximum absolute atomic E-state index is 12.4. The quantitative estimate of drug-likeness (QED) is 0.0250. The number of methoxy groups -OCH3 is 1. The largest absolute Gasteiger partial charge is 0.495 e. The third kappa shape index (κ3) is 11.9. The lowest BCUT2D eigenvalue weighted by atomic mass is 9.93. The van der Waals surface area contributed by atoms with E-state index in [4.69, 9.17) is 16.3 Å². The highest BCUT2D eigenvalue weighted by Crippen LogP contribution is 2.55. The van der Waals surface area contributed by atoms with E-state index in [0.29, 0.717) is 178 Å². The highest BCUT2D eigenvalue weighted by molar-refractivity contribution is 6.36. The van der Waals surface area contributed by atoms with E-state index in [-0.39, 0.29) is 114 Å². The van der Waals surface area contributed by atoms with Gasteiger partial charge in [-0.05, 0) is 239 Å². The molecule has 0 fully saturated rings. The number of pyridine rings is 6. The molecule has 30 rings (SSSR count). The van der Waals surface area contributed by atoms with E-state index in [2.05, 4.69) is 81.5 Å². The molecule has 46 nitrogen and oxygen atoms in total. The molecule has 8 amide bonds. The third-order valence-electron chi connectivity index (χ3n) is 29.3. The Balaban J connectivity index is 0.0000000905. The number of hydrogen-bond acceptors (Lipinski definition) is 31. The first-order valence-electron chi connectivity index (χ1n) is 45.5. The van der Waals surface area contributed by atoms with Gasteiger partial charge in [-0.3, -0.25) is 84.5 Å². The molecule has 144 heavy (non-hydrogen) atoms. The van der Waals surface area contributed by atoms with E-state index in [0.717, 1.165) is 202 Å². The van der Waals surface area contributed by atoms with E-state index in [1.54, 1.807) is 25.4 Å². The summed E-state index contributed by atoms with van der Waals surface area (Å²) < 4.78 is 7.86. The molecular formula is C97H67ClN22O24. The van der Waals surface area contributed by atoms with Crippen LogP contribution in [-0.4, -0.2) is 174 Å². The predicted octanol–water partition coefficient (Wildman–Crippen LogP) is 13.8. The zero-order valence-electron chi connectivity index (χ0n) is 74.4. The maximum Gasteiger partial charge on any atom is 0.363 e. The Kier molecular flexibility index (Phi) is 18.6. The number of nitro groups is 2. The van der Waals surface area contributed by atoms with E-state index in [1.165, 1.54) is 24.4 Å². The standard InChI is InChI=1S/C17H13N3O3.C16H10ClN3O3.2C16H10N4O5.2C16H12N4O4/c1-23-7-5-10-11-13-12(16(21)20-17(13)22)8-3-2-4-9(8)14(11)19-15(10)18-6-7;17-8-4-7-9-11-10(15(22)20-16(11)23)5-2-1-3-6(5)12(9)18-13(7)19-14(8)21;21-15-9-6-2-1-3-7(6)13-11(12(9)16(22)18-15)10-8(20(24)25)4-5-19(23)14(10)17-13;21-15-11-6-2-1-3-7(6)13-10(12(11)16(22)18-15)8-4-5-9(20(24)25)19(23)14(8)17-13;21-15-9-6-2-1-3-7(6)13-11(12(9)16(22)18-15)10-8(19-23)4-5-20(24)14(10)17-13;21-15-11-6-2-1-3-7(6)13-10(12(11)16(22)18-15)8-4-5-9(19-23)20(24)14(8)17-13/h5-6H,2-4H2,1H3,(H,18,19)(H,20,21,22);4H,1-3H2,(H2,18,19,21)(H,20,22,23);2*4-5,23H,1-3H2,(H,18,21,22);2*4-5,18,21-22,24H,1-3H2. The van der Waals surface area contributed by atoms with Crippen molar-refractivity contribution in [2.75, 3.05) is 7.11 Å². The molecule has 0 radical (unpaired) electrons. The van der Waals surface area contributed by atoms with Crippen LogP contribution < -0.4 is 31.6 Å². The highest BCUT2D eigenvalue weighted by atomic mass is 35.5. The molecule has 0 unspecified atom stereocenters. The van der Waals surface area contributed by atoms with Crippen molar-refractivity contribution in [3.05, 3.63) is 224 Å². The molecule has 0 saturated heterocycles. The summed E-state index contributed by atoms with van der Waals surface area (Å²) in [7, 11) is 1.58. The molecule has 18 heterocycles. The lowest BCUT2D eigenvalue weighted by Gasteiger charge is -2.08. The number of nitroso groups, excluding NO2 is 2. The van der Waals surface area contributed by atoms with E-state index in [9.17, 15) is 114 Å². The Morgan fingerprint density at radius 1 is 0.389 bits per heavy atom. The molecule has 12 aromatic rings. The van der Waals surface area contributed by atoms with Crippen molar-refractivity contribution < 1.29 is 94.2 Å². The number of hydrogen-bond donors (Lipinski definition) is 17. The number of imide groups is 4. The minimum Gasteiger partial charge on any atom is -0.495 e. The molecule has 0 spiro atoms. The fraction of sp³-hybridized carbons (Fsp3) is 0.196. The van der Waals surface area contributed by atoms with Gasteiger partial charge in [0.2, 0.25) is 5.82 Å². The first kappa shape index (κ1) is 86.5. The fourth-order valence-electron chi connectivity index (χ4n) is 23.8. The molecule has 17 N–H and O–H groups in total. The van der Waals surface area contributed by atoms with Gasteiger partial charge in [-0.25, -0.2) is 24.9 Å². The number of benzene rings is 6. The van der Waals surface area contributed by atoms with E-state index in [1.807, 2.05) is 6.07 Å². The minimum atomic E-state index is -0.718. The second kappa shape index (κ2) is 31.0. The number of H-pyrrole nitrogens is 5. The van der Waals surface area contributed by atoms with Gasteiger partial charge < -0.3 is 71.1 Å². The molecule has 6 aromatic carbocycles. The Morgan fingerprint density at radius 2 is 0.799 bits per heavy atom. The molecule has 0 atom stereocenters. The molecule has 716 valence electrons. The number of carbonyl (C=O) groups is 8. The van der Waals surface area contributed by atoms with Crippen molar-refractivity contribution in [3.63, 3.8) is 0 Å². The smallest absolute Gasteiger partial charge is 0.363 e. The second-order valence-electron chi connectivity index (χ2n) is 36.4. The van der Waals surface area contributed by atoms with Crippen molar-refractivity contribution in [2.24, 2.45) is 10.4 Å². The van der Waals surface area contributed by atoms with Gasteiger partial charge in [0, 0.05) is 67.0 Å². The molecule has 18 aliphatic rings. The van der Waals surface area contributed by atoms with Crippen LogP contribution in [0.3, 0.4) is 0 Å². The normalized spacial score (nSPS) is 15.3. The predicted molar refractivity (Wildman–Crippen MR) is 510 cm³/mol. The monoisotopic (exact) mass is 1960 g/mol. The number of aromatic hydroxyl groups is 4. The molecule has 6 aromatic heterocycles. The SMILES string of the molecule is COc1cnc2[nH]c3c4c(c5c(c3c2c1)C(=O)NC5=O)CCC4.O=C1NC(=O)c2c1c1c(c3[nH]c4[nH]c(=O)c(Cl)cc4c23)CCC1.O=C1NC(=O)c2c1c1c(c3nc4n(O)c([N+](=O)[O-])ccc-4c23)CCC1.O=C1NC(=O)c2c1c1c(c3nc4n(O)ccc([N+](=O)[O-])c-4c23)CCC1.O=Nc1ccc2c3c(nc-2n1O)c1c(c2c(O)[nH]c(O)c23)CCC1.O=Nc1ccn(O)c2nc3c4c(c5c(O)[nH]c(O)c5c3c1-2)CCC4. The summed E-state index contributed by atoms with van der Waals surface area (Å²) in [5, 5.41) is 126. The van der Waals surface area contributed by atoms with Gasteiger partial charge >= 0.3 is 5.82 Å². The summed E-state index contributed by atoms with van der Waals surface area (Å²) in [5.74, 6) is -3.50. The van der Waals surface area contributed by atoms with Crippen molar-refractivity contribution in [1.82, 2.24) is 90.0 Å². The van der Waals surface area contributed by atoms with Crippen LogP contribution in [0.2, 0.25) is 5.02 Å². The fourth-order valence-corrected chi connectivity index (χ4v) is 23.9. The van der Waals surface area contributed by atoms with E-state index >= 15 is 0 Å². The van der Waals surface area contributed by atoms with Crippen LogP contribution in [0.15, 0.2) is 82.3 Å². The average molecular weight is 1960 g/mol. The number of aromatic amines is 5. The lowest BCUT2D eigenvalue weighted by Crippen LogP contribution is -2.20. The third-order valence-corrected chi connectivity index (χ3v) is 29.6. The van der Waals surface area contributed by atoms with Crippen molar-refractivity contribution >= 4 is 191 Å². The zero-order chi connectivity index (χ0) is 99.7. The second-order valence-corrected chi connectivity index (χ2v) is 36.8. The molecule has 6 aliphatic carbocycles. The average Bonchev–Trinajstić information content (AvgIpc) is 1.56. The molecule has 0 saturated carbocycles. The van der Waals surface area contributed by atoms with Crippen LogP contribution in [0, 0.1) is 30.0 Å². The summed E-state index contributed by atoms with van der Waals surface area (Å²) >= 11 is 5.95. The minimum absolute atomic E-state index is 0.00107. The summed E-state index contributed by atoms with van der Waals surface area (Å²) in [4.78, 5) is 190. The number of amides is 8. The molecular weight excluding hydrogens is 1890 g/mol. The van der Waals surface area contributed by atoms with Crippen LogP contribution in [0.25, 0.3) is 155 Å². The Hall–Kier alpha value is -19.0. The van der Waals surface area contributed by atoms with Crippen LogP contribution in [0.5, 0.6) is 29.3 Å². The summed E-state index contributed by atoms with van der Waals surface area (Å²) in [6, 6.07) is 11.6. The van der Waals surface area contributed by atoms with Gasteiger partial charge in [-0.2, -0.15) is 9.46 Å². The van der Waals surface area contributed by atoms with Gasteiger partial charge in [0.05, 0.1) is 135 Å². The summed E-state index contributed by atoms with van der Waals surface area (Å²) in [5.41, 5.74) is 20.4. The molecule has 12 aliphatic heterocycles. The number of carbonyl (C=O) groups excluding carboxylic acids is 8. The van der Waals surface area contributed by atoms with Crippen molar-refractivity contribution in [1.29, 1.82) is 0 Å². The van der Waals surface area contributed by atoms with Gasteiger partial charge in [-0.15, -0.1) is 14.5 Å². The Morgan fingerprint density at radius 3 is 1.32 bits per heavy atom. The van der Waals surface area contributed by atoms with Crippen LogP contribution in [0.4, 0.5) is 23.0 Å². The number of rotatable bonds is 5. The van der Waals surface area contributed by atoms with Crippen LogP contribution in [0.1, 0.15) is 188 Å². The lowest BCUT2D eigenvalue weighted by molar-refractivity contribution is -0.397. The number of fused-ring (bicyclic) bond motifs is 48. The highest BCUT2D eigenvalue weighted by Gasteiger charge is 2.46. The summed E-state index contributed by atoms with van der Waals surface area (Å²) in [6.07, 6.45) is 18.7. The first-order valence-corrected chi connectivity index (χ1v) is 45.8. The van der Waals surface area contributed by atoms with Gasteiger partial charge in [0.1, 0.15) is 33.3 Å². The number of halogens is 1. The summed E-state index contributed by atoms with van der Waals surface area (Å²) in [6.45, 7) is 0. The zero-order valence-corrected chi connectivity index (χ0v) is 75.1. The maximum atomic E-state index is 12.4. The molecule has 0 bridgehead atoms. The number of aryl methyl sites for hydroxylation is 8.